The van der Waals surface area contributed by atoms with Gasteiger partial charge in [-0.3, -0.25) is 0 Å². The number of phenolic OH excluding ortho intramolecular Hbond substituents is 1. The number of aromatic hydroxyl groups is 1. The molecule has 2 aromatic rings. The van der Waals surface area contributed by atoms with E-state index in [1.165, 1.54) is 12.1 Å². The Kier molecular flexibility index (Phi) is 4.39. The van der Waals surface area contributed by atoms with Crippen molar-refractivity contribution in [1.82, 2.24) is 9.97 Å². The average Bonchev–Trinajstić information content (AvgIpc) is 2.36. The largest absolute Gasteiger partial charge is 0.508 e. The lowest BCUT2D eigenvalue weighted by atomic mass is 10.3. The minimum Gasteiger partial charge on any atom is -0.508 e. The van der Waals surface area contributed by atoms with E-state index in [0.29, 0.717) is 5.69 Å². The van der Waals surface area contributed by atoms with Crippen molar-refractivity contribution in [2.75, 3.05) is 10.6 Å². The maximum atomic E-state index is 12.9. The van der Waals surface area contributed by atoms with Gasteiger partial charge in [0.15, 0.2) is 5.69 Å². The van der Waals surface area contributed by atoms with Crippen molar-refractivity contribution in [3.05, 3.63) is 36.0 Å². The van der Waals surface area contributed by atoms with E-state index in [0.717, 1.165) is 6.07 Å². The van der Waals surface area contributed by atoms with Crippen LogP contribution < -0.4 is 10.6 Å². The van der Waals surface area contributed by atoms with Crippen LogP contribution in [0.25, 0.3) is 0 Å². The molecule has 5 nitrogen and oxygen atoms in total. The number of hydrogen-bond donors (Lipinski definition) is 3. The lowest BCUT2D eigenvalue weighted by molar-refractivity contribution is -0.141. The van der Waals surface area contributed by atoms with Crippen molar-refractivity contribution in [3.8, 4) is 5.75 Å². The molecule has 0 saturated carbocycles. The van der Waals surface area contributed by atoms with Gasteiger partial charge in [-0.25, -0.2) is 4.98 Å². The van der Waals surface area contributed by atoms with E-state index in [1.54, 1.807) is 26.0 Å². The van der Waals surface area contributed by atoms with Gasteiger partial charge in [0.05, 0.1) is 0 Å². The van der Waals surface area contributed by atoms with Gasteiger partial charge in [0.1, 0.15) is 11.6 Å². The summed E-state index contributed by atoms with van der Waals surface area (Å²) in [5.41, 5.74) is -0.629. The van der Waals surface area contributed by atoms with Gasteiger partial charge in [0.2, 0.25) is 5.95 Å². The summed E-state index contributed by atoms with van der Waals surface area (Å²) < 4.78 is 38.7. The average molecular weight is 312 g/mol. The molecule has 3 N–H and O–H groups in total. The third kappa shape index (κ3) is 4.24. The van der Waals surface area contributed by atoms with Crippen molar-refractivity contribution >= 4 is 17.5 Å². The van der Waals surface area contributed by atoms with Crippen molar-refractivity contribution in [2.24, 2.45) is 0 Å². The topological polar surface area (TPSA) is 70.1 Å². The van der Waals surface area contributed by atoms with Gasteiger partial charge in [-0.05, 0) is 26.0 Å². The van der Waals surface area contributed by atoms with Crippen LogP contribution in [-0.4, -0.2) is 21.1 Å². The predicted octanol–water partition coefficient (Wildman–Crippen LogP) is 3.76. The van der Waals surface area contributed by atoms with Crippen LogP contribution in [0.5, 0.6) is 5.75 Å². The molecule has 0 bridgehead atoms. The highest BCUT2D eigenvalue weighted by atomic mass is 19.4. The van der Waals surface area contributed by atoms with Gasteiger partial charge in [0.25, 0.3) is 0 Å². The maximum Gasteiger partial charge on any atom is 0.433 e. The molecule has 0 spiro atoms. The fourth-order valence-electron chi connectivity index (χ4n) is 1.71. The van der Waals surface area contributed by atoms with Gasteiger partial charge in [-0.15, -0.1) is 0 Å². The predicted molar refractivity (Wildman–Crippen MR) is 77.2 cm³/mol. The molecule has 22 heavy (non-hydrogen) atoms. The van der Waals surface area contributed by atoms with Crippen molar-refractivity contribution in [2.45, 2.75) is 26.1 Å². The number of benzene rings is 1. The number of rotatable bonds is 4. The molecule has 1 aromatic carbocycles. The zero-order valence-corrected chi connectivity index (χ0v) is 11.9. The second kappa shape index (κ2) is 6.08. The number of nitrogens with one attached hydrogen (secondary N) is 2. The molecule has 0 unspecified atom stereocenters. The Morgan fingerprint density at radius 2 is 1.86 bits per heavy atom. The van der Waals surface area contributed by atoms with E-state index < -0.39 is 11.9 Å². The molecule has 1 aromatic heterocycles. The van der Waals surface area contributed by atoms with Crippen LogP contribution in [0.4, 0.5) is 30.6 Å². The van der Waals surface area contributed by atoms with E-state index in [-0.39, 0.29) is 23.6 Å². The molecule has 0 atom stereocenters. The third-order valence-electron chi connectivity index (χ3n) is 2.55. The zero-order chi connectivity index (χ0) is 16.3. The number of aromatic nitrogens is 2. The van der Waals surface area contributed by atoms with Crippen LogP contribution in [0.15, 0.2) is 30.3 Å². The smallest absolute Gasteiger partial charge is 0.433 e. The van der Waals surface area contributed by atoms with E-state index >= 15 is 0 Å². The molecule has 0 amide bonds. The van der Waals surface area contributed by atoms with Crippen molar-refractivity contribution in [1.29, 1.82) is 0 Å². The highest BCUT2D eigenvalue weighted by molar-refractivity contribution is 5.59. The lowest BCUT2D eigenvalue weighted by Crippen LogP contribution is -2.17. The van der Waals surface area contributed by atoms with E-state index in [9.17, 15) is 18.3 Å². The van der Waals surface area contributed by atoms with Gasteiger partial charge < -0.3 is 15.7 Å². The van der Waals surface area contributed by atoms with Crippen molar-refractivity contribution in [3.63, 3.8) is 0 Å². The van der Waals surface area contributed by atoms with Gasteiger partial charge in [-0.1, -0.05) is 6.07 Å². The lowest BCUT2D eigenvalue weighted by Gasteiger charge is -2.14. The number of alkyl halides is 3. The number of halogens is 3. The van der Waals surface area contributed by atoms with Crippen LogP contribution in [-0.2, 0) is 6.18 Å². The summed E-state index contributed by atoms with van der Waals surface area (Å²) in [5.74, 6) is -0.140. The second-order valence-corrected chi connectivity index (χ2v) is 4.93. The zero-order valence-electron chi connectivity index (χ0n) is 11.9. The minimum absolute atomic E-state index is 0.00405. The molecule has 0 saturated heterocycles. The Hall–Kier alpha value is -2.51. The van der Waals surface area contributed by atoms with Gasteiger partial charge >= 0.3 is 6.18 Å². The summed E-state index contributed by atoms with van der Waals surface area (Å²) in [6.07, 6.45) is -4.58. The van der Waals surface area contributed by atoms with Gasteiger partial charge in [-0.2, -0.15) is 18.2 Å². The number of anilines is 3. The molecule has 0 aliphatic heterocycles. The van der Waals surface area contributed by atoms with E-state index in [2.05, 4.69) is 20.6 Å². The summed E-state index contributed by atoms with van der Waals surface area (Å²) in [5, 5.41) is 14.8. The SMILES string of the molecule is CC(C)Nc1nc(Nc2cccc(O)c2)cc(C(F)(F)F)n1. The summed E-state index contributed by atoms with van der Waals surface area (Å²) in [6, 6.07) is 6.71. The fourth-order valence-corrected chi connectivity index (χ4v) is 1.71. The Labute approximate surface area is 125 Å². The summed E-state index contributed by atoms with van der Waals surface area (Å²) in [6.45, 7) is 3.54. The number of phenols is 1. The van der Waals surface area contributed by atoms with Crippen LogP contribution >= 0.6 is 0 Å². The molecule has 2 rings (SSSR count). The maximum absolute atomic E-state index is 12.9. The molecular weight excluding hydrogens is 297 g/mol. The normalized spacial score (nSPS) is 11.5. The first-order chi connectivity index (χ1) is 10.2. The van der Waals surface area contributed by atoms with Crippen molar-refractivity contribution < 1.29 is 18.3 Å². The van der Waals surface area contributed by atoms with Crippen LogP contribution in [0.2, 0.25) is 0 Å². The summed E-state index contributed by atoms with van der Waals surface area (Å²) >= 11 is 0. The highest BCUT2D eigenvalue weighted by Crippen LogP contribution is 2.30. The van der Waals surface area contributed by atoms with Crippen LogP contribution in [0, 0.1) is 0 Å². The molecule has 0 fully saturated rings. The number of hydrogen-bond acceptors (Lipinski definition) is 5. The Morgan fingerprint density at radius 1 is 1.14 bits per heavy atom. The Bertz CT molecular complexity index is 659. The second-order valence-electron chi connectivity index (χ2n) is 4.93. The Balaban J connectivity index is 2.37. The van der Waals surface area contributed by atoms with Gasteiger partial charge in [0, 0.05) is 23.9 Å². The molecule has 0 radical (unpaired) electrons. The molecule has 0 aliphatic rings. The summed E-state index contributed by atoms with van der Waals surface area (Å²) in [7, 11) is 0. The van der Waals surface area contributed by atoms with Crippen LogP contribution in [0.1, 0.15) is 19.5 Å². The molecular formula is C14H15F3N4O. The van der Waals surface area contributed by atoms with E-state index in [1.807, 2.05) is 0 Å². The quantitative estimate of drug-likeness (QED) is 0.802. The van der Waals surface area contributed by atoms with E-state index in [4.69, 9.17) is 0 Å². The van der Waals surface area contributed by atoms with Crippen LogP contribution in [0.3, 0.4) is 0 Å². The molecule has 0 aliphatic carbocycles. The molecule has 1 heterocycles. The highest BCUT2D eigenvalue weighted by Gasteiger charge is 2.33. The third-order valence-corrected chi connectivity index (χ3v) is 2.55. The molecule has 8 heteroatoms. The first kappa shape index (κ1) is 15.9. The fraction of sp³-hybridized carbons (Fsp3) is 0.286. The summed E-state index contributed by atoms with van der Waals surface area (Å²) in [4.78, 5) is 7.46. The Morgan fingerprint density at radius 3 is 2.45 bits per heavy atom. The first-order valence-corrected chi connectivity index (χ1v) is 6.53. The monoisotopic (exact) mass is 312 g/mol. The minimum atomic E-state index is -4.58. The standard InChI is InChI=1S/C14H15F3N4O/c1-8(2)18-13-20-11(14(15,16)17)7-12(21-13)19-9-4-3-5-10(22)6-9/h3-8,22H,1-2H3,(H2,18,19,20,21). The number of nitrogens with zero attached hydrogens (tertiary/aromatic N) is 2. The first-order valence-electron chi connectivity index (χ1n) is 6.53. The molecule has 118 valence electrons.